The molecule has 0 aliphatic heterocycles. The summed E-state index contributed by atoms with van der Waals surface area (Å²) in [4.78, 5) is 0. The maximum atomic E-state index is 6.30. The lowest BCUT2D eigenvalue weighted by Gasteiger charge is -2.32. The summed E-state index contributed by atoms with van der Waals surface area (Å²) < 4.78 is 0. The zero-order valence-electron chi connectivity index (χ0n) is 10.3. The maximum Gasteiger partial charge on any atom is 0.00723 e. The Hall–Kier alpha value is -0.0400. The Kier molecular flexibility index (Phi) is 4.00. The lowest BCUT2D eigenvalue weighted by Crippen LogP contribution is -2.36. The molecule has 1 saturated carbocycles. The molecule has 0 aromatic carbocycles. The third-order valence-electron chi connectivity index (χ3n) is 3.93. The van der Waals surface area contributed by atoms with Gasteiger partial charge in [0.2, 0.25) is 0 Å². The molecule has 1 aliphatic carbocycles. The number of rotatable bonds is 4. The van der Waals surface area contributed by atoms with Crippen LogP contribution in [-0.2, 0) is 0 Å². The van der Waals surface area contributed by atoms with E-state index in [-0.39, 0.29) is 0 Å². The van der Waals surface area contributed by atoms with Crippen molar-refractivity contribution in [2.24, 2.45) is 23.0 Å². The highest BCUT2D eigenvalue weighted by Gasteiger charge is 2.37. The second-order valence-electron chi connectivity index (χ2n) is 6.12. The van der Waals surface area contributed by atoms with Gasteiger partial charge in [-0.25, -0.2) is 0 Å². The zero-order valence-corrected chi connectivity index (χ0v) is 10.3. The third-order valence-corrected chi connectivity index (χ3v) is 3.93. The largest absolute Gasteiger partial charge is 0.327 e. The molecule has 0 saturated heterocycles. The SMILES string of the molecule is CC(C)CCC(N)C1CCCC1(C)C. The van der Waals surface area contributed by atoms with Gasteiger partial charge in [-0.3, -0.25) is 0 Å². The molecule has 0 heterocycles. The first-order chi connectivity index (χ1) is 6.43. The topological polar surface area (TPSA) is 26.0 Å². The number of hydrogen-bond acceptors (Lipinski definition) is 1. The van der Waals surface area contributed by atoms with E-state index in [4.69, 9.17) is 5.73 Å². The van der Waals surface area contributed by atoms with Crippen molar-refractivity contribution < 1.29 is 0 Å². The van der Waals surface area contributed by atoms with Crippen LogP contribution in [0.3, 0.4) is 0 Å². The van der Waals surface area contributed by atoms with Crippen molar-refractivity contribution in [2.45, 2.75) is 65.8 Å². The smallest absolute Gasteiger partial charge is 0.00723 e. The second-order valence-corrected chi connectivity index (χ2v) is 6.12. The highest BCUT2D eigenvalue weighted by atomic mass is 14.7. The Morgan fingerprint density at radius 1 is 1.29 bits per heavy atom. The van der Waals surface area contributed by atoms with Gasteiger partial charge in [0.15, 0.2) is 0 Å². The summed E-state index contributed by atoms with van der Waals surface area (Å²) in [6.45, 7) is 9.35. The molecule has 0 spiro atoms. The van der Waals surface area contributed by atoms with Crippen LogP contribution in [0.15, 0.2) is 0 Å². The van der Waals surface area contributed by atoms with Gasteiger partial charge < -0.3 is 5.73 Å². The molecule has 0 aromatic heterocycles. The minimum Gasteiger partial charge on any atom is -0.327 e. The van der Waals surface area contributed by atoms with Crippen LogP contribution < -0.4 is 5.73 Å². The molecule has 0 amide bonds. The number of hydrogen-bond donors (Lipinski definition) is 1. The van der Waals surface area contributed by atoms with Crippen molar-refractivity contribution in [2.75, 3.05) is 0 Å². The molecule has 2 N–H and O–H groups in total. The molecule has 0 radical (unpaired) electrons. The van der Waals surface area contributed by atoms with E-state index in [0.29, 0.717) is 11.5 Å². The fourth-order valence-electron chi connectivity index (χ4n) is 2.87. The molecule has 1 fully saturated rings. The first-order valence-electron chi connectivity index (χ1n) is 6.19. The minimum atomic E-state index is 0.440. The molecular formula is C13H27N. The first-order valence-corrected chi connectivity index (χ1v) is 6.19. The van der Waals surface area contributed by atoms with E-state index in [9.17, 15) is 0 Å². The third kappa shape index (κ3) is 2.98. The first kappa shape index (κ1) is 12.0. The van der Waals surface area contributed by atoms with Crippen LogP contribution in [0.5, 0.6) is 0 Å². The summed E-state index contributed by atoms with van der Waals surface area (Å²) in [5.41, 5.74) is 6.80. The zero-order chi connectivity index (χ0) is 10.8. The Balaban J connectivity index is 2.40. The van der Waals surface area contributed by atoms with Crippen LogP contribution in [-0.4, -0.2) is 6.04 Å². The van der Waals surface area contributed by atoms with E-state index < -0.39 is 0 Å². The quantitative estimate of drug-likeness (QED) is 0.732. The lowest BCUT2D eigenvalue weighted by molar-refractivity contribution is 0.209. The van der Waals surface area contributed by atoms with Crippen molar-refractivity contribution in [3.63, 3.8) is 0 Å². The van der Waals surface area contributed by atoms with E-state index in [1.165, 1.54) is 32.1 Å². The van der Waals surface area contributed by atoms with Crippen molar-refractivity contribution in [3.05, 3.63) is 0 Å². The van der Waals surface area contributed by atoms with Gasteiger partial charge in [-0.2, -0.15) is 0 Å². The second kappa shape index (κ2) is 4.65. The summed E-state index contributed by atoms with van der Waals surface area (Å²) >= 11 is 0. The van der Waals surface area contributed by atoms with Crippen LogP contribution in [0.4, 0.5) is 0 Å². The molecule has 2 atom stereocenters. The predicted octanol–water partition coefficient (Wildman–Crippen LogP) is 3.58. The van der Waals surface area contributed by atoms with Gasteiger partial charge in [0.05, 0.1) is 0 Å². The molecule has 1 aliphatic rings. The van der Waals surface area contributed by atoms with Crippen LogP contribution in [0.2, 0.25) is 0 Å². The van der Waals surface area contributed by atoms with Gasteiger partial charge >= 0.3 is 0 Å². The molecule has 84 valence electrons. The molecular weight excluding hydrogens is 170 g/mol. The highest BCUT2D eigenvalue weighted by molar-refractivity contribution is 4.90. The minimum absolute atomic E-state index is 0.440. The van der Waals surface area contributed by atoms with Gasteiger partial charge in [-0.05, 0) is 42.9 Å². The maximum absolute atomic E-state index is 6.30. The normalized spacial score (nSPS) is 28.3. The molecule has 0 aromatic rings. The molecule has 1 heteroatoms. The predicted molar refractivity (Wildman–Crippen MR) is 63.2 cm³/mol. The Morgan fingerprint density at radius 3 is 2.36 bits per heavy atom. The number of nitrogens with two attached hydrogens (primary N) is 1. The average molecular weight is 197 g/mol. The Morgan fingerprint density at radius 2 is 1.93 bits per heavy atom. The van der Waals surface area contributed by atoms with Crippen molar-refractivity contribution in [1.82, 2.24) is 0 Å². The van der Waals surface area contributed by atoms with Gasteiger partial charge in [-0.15, -0.1) is 0 Å². The van der Waals surface area contributed by atoms with Crippen LogP contribution >= 0.6 is 0 Å². The summed E-state index contributed by atoms with van der Waals surface area (Å²) in [7, 11) is 0. The standard InChI is InChI=1S/C13H27N/c1-10(2)7-8-12(14)11-6-5-9-13(11,3)4/h10-12H,5-9,14H2,1-4H3. The van der Waals surface area contributed by atoms with Crippen LogP contribution in [0.25, 0.3) is 0 Å². The van der Waals surface area contributed by atoms with Crippen LogP contribution in [0.1, 0.15) is 59.8 Å². The summed E-state index contributed by atoms with van der Waals surface area (Å²) in [6, 6.07) is 0.440. The Labute approximate surface area is 89.5 Å². The van der Waals surface area contributed by atoms with Crippen molar-refractivity contribution in [1.29, 1.82) is 0 Å². The van der Waals surface area contributed by atoms with Gasteiger partial charge in [0, 0.05) is 6.04 Å². The lowest BCUT2D eigenvalue weighted by atomic mass is 9.76. The molecule has 0 bridgehead atoms. The average Bonchev–Trinajstić information content (AvgIpc) is 2.41. The van der Waals surface area contributed by atoms with E-state index in [1.807, 2.05) is 0 Å². The Bertz CT molecular complexity index is 172. The summed E-state index contributed by atoms with van der Waals surface area (Å²) in [5, 5.41) is 0. The van der Waals surface area contributed by atoms with Gasteiger partial charge in [-0.1, -0.05) is 34.1 Å². The van der Waals surface area contributed by atoms with E-state index >= 15 is 0 Å². The summed E-state index contributed by atoms with van der Waals surface area (Å²) in [5.74, 6) is 1.56. The monoisotopic (exact) mass is 197 g/mol. The van der Waals surface area contributed by atoms with Gasteiger partial charge in [0.1, 0.15) is 0 Å². The molecule has 1 rings (SSSR count). The summed E-state index contributed by atoms with van der Waals surface area (Å²) in [6.07, 6.45) is 6.60. The highest BCUT2D eigenvalue weighted by Crippen LogP contribution is 2.44. The van der Waals surface area contributed by atoms with Crippen LogP contribution in [0, 0.1) is 17.3 Å². The molecule has 14 heavy (non-hydrogen) atoms. The molecule has 1 nitrogen and oxygen atoms in total. The fraction of sp³-hybridized carbons (Fsp3) is 1.00. The van der Waals surface area contributed by atoms with E-state index in [0.717, 1.165) is 11.8 Å². The van der Waals surface area contributed by atoms with Gasteiger partial charge in [0.25, 0.3) is 0 Å². The van der Waals surface area contributed by atoms with E-state index in [2.05, 4.69) is 27.7 Å². The van der Waals surface area contributed by atoms with Crippen molar-refractivity contribution in [3.8, 4) is 0 Å². The fourth-order valence-corrected chi connectivity index (χ4v) is 2.87. The van der Waals surface area contributed by atoms with Crippen molar-refractivity contribution >= 4 is 0 Å². The molecule has 2 unspecified atom stereocenters. The van der Waals surface area contributed by atoms with E-state index in [1.54, 1.807) is 0 Å².